The van der Waals surface area contributed by atoms with Crippen molar-refractivity contribution < 1.29 is 21.6 Å². The molecule has 0 unspecified atom stereocenters. The highest BCUT2D eigenvalue weighted by Crippen LogP contribution is 2.30. The predicted octanol–water partition coefficient (Wildman–Crippen LogP) is 0.645. The quantitative estimate of drug-likeness (QED) is 0.570. The number of nitrogens with two attached hydrogens (primary N) is 2. The molecule has 138 valence electrons. The molecule has 0 spiro atoms. The lowest BCUT2D eigenvalue weighted by atomic mass is 10.1. The minimum absolute atomic E-state index is 0.0624. The molecular formula is C16H17N3O5S2. The van der Waals surface area contributed by atoms with E-state index in [0.717, 1.165) is 18.4 Å². The Morgan fingerprint density at radius 1 is 0.962 bits per heavy atom. The number of aryl methyl sites for hydroxylation is 1. The van der Waals surface area contributed by atoms with Gasteiger partial charge < -0.3 is 11.5 Å². The van der Waals surface area contributed by atoms with Crippen molar-refractivity contribution in [1.29, 1.82) is 0 Å². The third-order valence-corrected chi connectivity index (χ3v) is 6.57. The minimum Gasteiger partial charge on any atom is -0.370 e. The van der Waals surface area contributed by atoms with Crippen molar-refractivity contribution in [2.45, 2.75) is 21.6 Å². The molecule has 2 aromatic carbocycles. The Balaban J connectivity index is 2.82. The van der Waals surface area contributed by atoms with E-state index < -0.39 is 41.3 Å². The van der Waals surface area contributed by atoms with Gasteiger partial charge in [0.1, 0.15) is 0 Å². The van der Waals surface area contributed by atoms with Crippen LogP contribution in [0.2, 0.25) is 0 Å². The number of carbonyl (C=O) groups excluding carboxylic acids is 1. The van der Waals surface area contributed by atoms with Crippen LogP contribution in [-0.2, 0) is 19.7 Å². The van der Waals surface area contributed by atoms with E-state index in [0.29, 0.717) is 0 Å². The average molecular weight is 395 g/mol. The zero-order valence-corrected chi connectivity index (χ0v) is 15.6. The molecule has 0 fully saturated rings. The zero-order valence-electron chi connectivity index (χ0n) is 14.0. The molecule has 26 heavy (non-hydrogen) atoms. The molecule has 0 bridgehead atoms. The smallest absolute Gasteiger partial charge is 0.280 e. The molecule has 0 atom stereocenters. The molecule has 0 aliphatic rings. The third-order valence-electron chi connectivity index (χ3n) is 3.49. The van der Waals surface area contributed by atoms with E-state index in [1.165, 1.54) is 31.2 Å². The van der Waals surface area contributed by atoms with E-state index >= 15 is 0 Å². The predicted molar refractivity (Wildman–Crippen MR) is 96.3 cm³/mol. The van der Waals surface area contributed by atoms with E-state index in [9.17, 15) is 21.6 Å². The van der Waals surface area contributed by atoms with Crippen LogP contribution in [0.15, 0.2) is 62.1 Å². The summed E-state index contributed by atoms with van der Waals surface area (Å²) in [6.07, 6.45) is 0.858. The molecule has 8 nitrogen and oxygen atoms in total. The van der Waals surface area contributed by atoms with E-state index in [-0.39, 0.29) is 16.0 Å². The number of rotatable bonds is 4. The first kappa shape index (κ1) is 19.6. The molecule has 10 heteroatoms. The van der Waals surface area contributed by atoms with Crippen molar-refractivity contribution in [3.8, 4) is 0 Å². The molecule has 0 aliphatic heterocycles. The Bertz CT molecular complexity index is 1100. The highest BCUT2D eigenvalue weighted by molar-refractivity contribution is 7.94. The summed E-state index contributed by atoms with van der Waals surface area (Å²) < 4.78 is 50.1. The van der Waals surface area contributed by atoms with Crippen molar-refractivity contribution in [3.63, 3.8) is 0 Å². The van der Waals surface area contributed by atoms with E-state index in [1.54, 1.807) is 6.07 Å². The molecule has 4 N–H and O–H groups in total. The maximum Gasteiger partial charge on any atom is 0.280 e. The summed E-state index contributed by atoms with van der Waals surface area (Å²) in [7, 11) is -8.08. The first-order valence-corrected chi connectivity index (χ1v) is 10.6. The normalized spacial score (nSPS) is 11.8. The number of benzene rings is 2. The van der Waals surface area contributed by atoms with Gasteiger partial charge in [0.25, 0.3) is 5.91 Å². The first-order chi connectivity index (χ1) is 11.9. The summed E-state index contributed by atoms with van der Waals surface area (Å²) >= 11 is 0. The van der Waals surface area contributed by atoms with Gasteiger partial charge in [-0.2, -0.15) is 4.99 Å². The van der Waals surface area contributed by atoms with Gasteiger partial charge in [-0.1, -0.05) is 18.2 Å². The van der Waals surface area contributed by atoms with Gasteiger partial charge >= 0.3 is 0 Å². The van der Waals surface area contributed by atoms with Crippen LogP contribution in [0, 0.1) is 6.92 Å². The van der Waals surface area contributed by atoms with E-state index in [4.69, 9.17) is 11.5 Å². The topological polar surface area (TPSA) is 150 Å². The van der Waals surface area contributed by atoms with Gasteiger partial charge in [-0.3, -0.25) is 4.79 Å². The second kappa shape index (κ2) is 6.89. The standard InChI is InChI=1S/C16H17N3O5S2/c1-10-8-14(26(23,24)11-6-4-3-5-7-11)13(25(2,21)22)9-12(10)15(20)19-16(17)18/h3-9H,1-2H3,(H4,17,18,19,20). The second-order valence-electron chi connectivity index (χ2n) is 5.54. The van der Waals surface area contributed by atoms with Crippen LogP contribution < -0.4 is 11.5 Å². The highest BCUT2D eigenvalue weighted by atomic mass is 32.2. The molecule has 1 amide bonds. The van der Waals surface area contributed by atoms with Gasteiger partial charge in [0.15, 0.2) is 15.8 Å². The number of hydrogen-bond donors (Lipinski definition) is 2. The van der Waals surface area contributed by atoms with Crippen LogP contribution in [0.25, 0.3) is 0 Å². The largest absolute Gasteiger partial charge is 0.370 e. The first-order valence-electron chi connectivity index (χ1n) is 7.23. The van der Waals surface area contributed by atoms with Gasteiger partial charge in [-0.25, -0.2) is 16.8 Å². The molecule has 0 aliphatic carbocycles. The number of sulfone groups is 2. The molecule has 0 aromatic heterocycles. The molecular weight excluding hydrogens is 378 g/mol. The van der Waals surface area contributed by atoms with Crippen LogP contribution >= 0.6 is 0 Å². The lowest BCUT2D eigenvalue weighted by Crippen LogP contribution is -2.24. The number of aliphatic imine (C=N–C) groups is 1. The average Bonchev–Trinajstić information content (AvgIpc) is 2.53. The number of amides is 1. The van der Waals surface area contributed by atoms with E-state index in [2.05, 4.69) is 4.99 Å². The molecule has 2 rings (SSSR count). The fraction of sp³-hybridized carbons (Fsp3) is 0.125. The van der Waals surface area contributed by atoms with Crippen LogP contribution in [0.1, 0.15) is 15.9 Å². The SMILES string of the molecule is Cc1cc(S(=O)(=O)c2ccccc2)c(S(C)(=O)=O)cc1C(=O)N=C(N)N. The summed E-state index contributed by atoms with van der Waals surface area (Å²) in [5.41, 5.74) is 10.5. The fourth-order valence-electron chi connectivity index (χ4n) is 2.30. The number of carbonyl (C=O) groups is 1. The van der Waals surface area contributed by atoms with Gasteiger partial charge in [0.2, 0.25) is 9.84 Å². The Kier molecular flexibility index (Phi) is 5.19. The summed E-state index contributed by atoms with van der Waals surface area (Å²) in [5.74, 6) is -1.35. The van der Waals surface area contributed by atoms with Gasteiger partial charge in [-0.05, 0) is 36.8 Å². The molecule has 0 radical (unpaired) electrons. The van der Waals surface area contributed by atoms with Crippen molar-refractivity contribution in [3.05, 3.63) is 53.6 Å². The number of guanidine groups is 1. The van der Waals surface area contributed by atoms with Crippen molar-refractivity contribution in [2.75, 3.05) is 6.26 Å². The van der Waals surface area contributed by atoms with E-state index in [1.807, 2.05) is 0 Å². The number of hydrogen-bond acceptors (Lipinski definition) is 5. The number of nitrogens with zero attached hydrogens (tertiary/aromatic N) is 1. The van der Waals surface area contributed by atoms with Gasteiger partial charge in [0, 0.05) is 11.8 Å². The molecule has 0 heterocycles. The Hall–Kier alpha value is -2.72. The Morgan fingerprint density at radius 2 is 1.54 bits per heavy atom. The Labute approximate surface area is 151 Å². The molecule has 0 saturated heterocycles. The second-order valence-corrected chi connectivity index (χ2v) is 9.45. The van der Waals surface area contributed by atoms with Gasteiger partial charge in [0.05, 0.1) is 14.7 Å². The minimum atomic E-state index is -4.12. The summed E-state index contributed by atoms with van der Waals surface area (Å²) in [6.45, 7) is 1.46. The third kappa shape index (κ3) is 3.92. The maximum atomic E-state index is 12.9. The van der Waals surface area contributed by atoms with Crippen molar-refractivity contribution >= 4 is 31.5 Å². The summed E-state index contributed by atoms with van der Waals surface area (Å²) in [6, 6.07) is 9.51. The van der Waals surface area contributed by atoms with Gasteiger partial charge in [-0.15, -0.1) is 0 Å². The van der Waals surface area contributed by atoms with Crippen LogP contribution in [0.3, 0.4) is 0 Å². The zero-order chi connectivity index (χ0) is 19.7. The van der Waals surface area contributed by atoms with Crippen LogP contribution in [0.4, 0.5) is 0 Å². The highest BCUT2D eigenvalue weighted by Gasteiger charge is 2.28. The van der Waals surface area contributed by atoms with Crippen molar-refractivity contribution in [1.82, 2.24) is 0 Å². The summed E-state index contributed by atoms with van der Waals surface area (Å²) in [4.78, 5) is 14.5. The van der Waals surface area contributed by atoms with Crippen LogP contribution in [-0.4, -0.2) is 35.0 Å². The Morgan fingerprint density at radius 3 is 2.04 bits per heavy atom. The lowest BCUT2D eigenvalue weighted by Gasteiger charge is -2.13. The fourth-order valence-corrected chi connectivity index (χ4v) is 5.26. The lowest BCUT2D eigenvalue weighted by molar-refractivity contribution is 0.100. The molecule has 2 aromatic rings. The van der Waals surface area contributed by atoms with Crippen molar-refractivity contribution in [2.24, 2.45) is 16.5 Å². The maximum absolute atomic E-state index is 12.9. The monoisotopic (exact) mass is 395 g/mol. The molecule has 0 saturated carbocycles. The summed E-state index contributed by atoms with van der Waals surface area (Å²) in [5, 5.41) is 0. The van der Waals surface area contributed by atoms with Crippen LogP contribution in [0.5, 0.6) is 0 Å².